The Labute approximate surface area is 112 Å². The van der Waals surface area contributed by atoms with E-state index in [0.29, 0.717) is 0 Å². The number of alkyl halides is 1. The normalized spacial score (nSPS) is 16.1. The summed E-state index contributed by atoms with van der Waals surface area (Å²) < 4.78 is 5.77. The van der Waals surface area contributed by atoms with Crippen molar-refractivity contribution in [2.75, 3.05) is 29.9 Å². The molecule has 1 heterocycles. The van der Waals surface area contributed by atoms with Crippen LogP contribution >= 0.6 is 15.9 Å². The van der Waals surface area contributed by atoms with Gasteiger partial charge < -0.3 is 9.64 Å². The van der Waals surface area contributed by atoms with Gasteiger partial charge in [0.2, 0.25) is 0 Å². The Morgan fingerprint density at radius 3 is 2.88 bits per heavy atom. The Hall–Kier alpha value is -0.700. The first-order valence-electron chi connectivity index (χ1n) is 6.15. The average molecular weight is 298 g/mol. The third-order valence-corrected chi connectivity index (χ3v) is 4.53. The molecule has 0 fully saturated rings. The van der Waals surface area contributed by atoms with Gasteiger partial charge in [-0.3, -0.25) is 0 Å². The number of halogens is 1. The van der Waals surface area contributed by atoms with E-state index in [1.54, 1.807) is 0 Å². The van der Waals surface area contributed by atoms with Crippen LogP contribution in [-0.4, -0.2) is 25.0 Å². The van der Waals surface area contributed by atoms with Crippen molar-refractivity contribution in [3.63, 3.8) is 0 Å². The van der Waals surface area contributed by atoms with Gasteiger partial charge in [-0.15, -0.1) is 0 Å². The van der Waals surface area contributed by atoms with Gasteiger partial charge in [0.15, 0.2) is 0 Å². The van der Waals surface area contributed by atoms with Crippen LogP contribution in [0.2, 0.25) is 0 Å². The number of para-hydroxylation sites is 2. The van der Waals surface area contributed by atoms with Crippen molar-refractivity contribution in [3.8, 4) is 5.75 Å². The van der Waals surface area contributed by atoms with Crippen LogP contribution in [0.25, 0.3) is 0 Å². The molecule has 0 unspecified atom stereocenters. The molecule has 1 aliphatic rings. The summed E-state index contributed by atoms with van der Waals surface area (Å²) in [7, 11) is 0. The lowest BCUT2D eigenvalue weighted by Gasteiger charge is -2.32. The number of anilines is 1. The van der Waals surface area contributed by atoms with Gasteiger partial charge in [-0.2, -0.15) is 0 Å². The molecule has 0 spiro atoms. The first-order valence-corrected chi connectivity index (χ1v) is 7.27. The molecule has 1 aliphatic heterocycles. The third kappa shape index (κ3) is 3.15. The molecule has 0 N–H and O–H groups in total. The number of fused-ring (bicyclic) bond motifs is 1. The Bertz CT molecular complexity index is 378. The largest absolute Gasteiger partial charge is 0.491 e. The Morgan fingerprint density at radius 2 is 2.12 bits per heavy atom. The summed E-state index contributed by atoms with van der Waals surface area (Å²) in [6.45, 7) is 7.53. The van der Waals surface area contributed by atoms with Gasteiger partial charge in [0, 0.05) is 18.4 Å². The van der Waals surface area contributed by atoms with Crippen LogP contribution in [0.4, 0.5) is 5.69 Å². The number of hydrogen-bond acceptors (Lipinski definition) is 2. The highest BCUT2D eigenvalue weighted by Crippen LogP contribution is 2.33. The standard InChI is InChI=1S/C14H20BrNO/c1-14(2,10-15)11-16-8-5-9-17-13-7-4-3-6-12(13)16/h3-4,6-7H,5,8-11H2,1-2H3. The minimum Gasteiger partial charge on any atom is -0.491 e. The van der Waals surface area contributed by atoms with Gasteiger partial charge in [0.1, 0.15) is 5.75 Å². The second-order valence-corrected chi connectivity index (χ2v) is 5.95. The smallest absolute Gasteiger partial charge is 0.142 e. The first-order chi connectivity index (χ1) is 8.12. The molecule has 1 aromatic rings. The second-order valence-electron chi connectivity index (χ2n) is 5.39. The summed E-state index contributed by atoms with van der Waals surface area (Å²) in [5.74, 6) is 1.02. The molecule has 0 aromatic heterocycles. The molecule has 1 aromatic carbocycles. The van der Waals surface area contributed by atoms with E-state index in [9.17, 15) is 0 Å². The highest BCUT2D eigenvalue weighted by Gasteiger charge is 2.23. The van der Waals surface area contributed by atoms with Crippen LogP contribution in [0.5, 0.6) is 5.75 Å². The molecule has 0 atom stereocenters. The summed E-state index contributed by atoms with van der Waals surface area (Å²) in [6.07, 6.45) is 1.09. The molecule has 0 saturated carbocycles. The Morgan fingerprint density at radius 1 is 1.35 bits per heavy atom. The number of rotatable bonds is 3. The SMILES string of the molecule is CC(C)(CBr)CN1CCCOc2ccccc21. The summed E-state index contributed by atoms with van der Waals surface area (Å²) in [5.41, 5.74) is 1.51. The maximum atomic E-state index is 5.77. The van der Waals surface area contributed by atoms with Crippen molar-refractivity contribution in [1.29, 1.82) is 0 Å². The van der Waals surface area contributed by atoms with Crippen molar-refractivity contribution < 1.29 is 4.74 Å². The van der Waals surface area contributed by atoms with Crippen LogP contribution in [0.1, 0.15) is 20.3 Å². The van der Waals surface area contributed by atoms with Gasteiger partial charge >= 0.3 is 0 Å². The maximum Gasteiger partial charge on any atom is 0.142 e. The van der Waals surface area contributed by atoms with Crippen molar-refractivity contribution in [1.82, 2.24) is 0 Å². The number of nitrogens with zero attached hydrogens (tertiary/aromatic N) is 1. The minimum atomic E-state index is 0.275. The molecule has 0 bridgehead atoms. The van der Waals surface area contributed by atoms with E-state index in [1.807, 2.05) is 6.07 Å². The van der Waals surface area contributed by atoms with Crippen LogP contribution in [-0.2, 0) is 0 Å². The van der Waals surface area contributed by atoms with Crippen molar-refractivity contribution >= 4 is 21.6 Å². The fourth-order valence-corrected chi connectivity index (χ4v) is 2.30. The van der Waals surface area contributed by atoms with Gasteiger partial charge in [-0.25, -0.2) is 0 Å². The zero-order valence-corrected chi connectivity index (χ0v) is 12.2. The summed E-state index contributed by atoms with van der Waals surface area (Å²) in [6, 6.07) is 8.35. The second kappa shape index (κ2) is 5.30. The zero-order chi connectivity index (χ0) is 12.3. The van der Waals surface area contributed by atoms with Gasteiger partial charge in [-0.1, -0.05) is 41.9 Å². The van der Waals surface area contributed by atoms with E-state index < -0.39 is 0 Å². The van der Waals surface area contributed by atoms with E-state index in [1.165, 1.54) is 5.69 Å². The average Bonchev–Trinajstić information content (AvgIpc) is 2.52. The van der Waals surface area contributed by atoms with Gasteiger partial charge in [-0.05, 0) is 24.0 Å². The molecular weight excluding hydrogens is 278 g/mol. The van der Waals surface area contributed by atoms with Crippen LogP contribution in [0, 0.1) is 5.41 Å². The predicted molar refractivity (Wildman–Crippen MR) is 76.3 cm³/mol. The van der Waals surface area contributed by atoms with Crippen molar-refractivity contribution in [3.05, 3.63) is 24.3 Å². The van der Waals surface area contributed by atoms with Crippen LogP contribution < -0.4 is 9.64 Å². The number of hydrogen-bond donors (Lipinski definition) is 0. The molecule has 0 amide bonds. The van der Waals surface area contributed by atoms with E-state index in [2.05, 4.69) is 52.9 Å². The molecule has 17 heavy (non-hydrogen) atoms. The lowest BCUT2D eigenvalue weighted by atomic mass is 9.95. The maximum absolute atomic E-state index is 5.77. The lowest BCUT2D eigenvalue weighted by molar-refractivity contribution is 0.321. The lowest BCUT2D eigenvalue weighted by Crippen LogP contribution is -2.35. The van der Waals surface area contributed by atoms with Gasteiger partial charge in [0.25, 0.3) is 0 Å². The monoisotopic (exact) mass is 297 g/mol. The molecule has 94 valence electrons. The van der Waals surface area contributed by atoms with Crippen LogP contribution in [0.15, 0.2) is 24.3 Å². The van der Waals surface area contributed by atoms with E-state index in [0.717, 1.165) is 37.2 Å². The molecule has 2 nitrogen and oxygen atoms in total. The van der Waals surface area contributed by atoms with Crippen molar-refractivity contribution in [2.45, 2.75) is 20.3 Å². The molecule has 2 rings (SSSR count). The van der Waals surface area contributed by atoms with Gasteiger partial charge in [0.05, 0.1) is 12.3 Å². The molecule has 0 saturated heterocycles. The number of benzene rings is 1. The molecule has 0 radical (unpaired) electrons. The quantitative estimate of drug-likeness (QED) is 0.789. The summed E-state index contributed by atoms with van der Waals surface area (Å²) in [4.78, 5) is 2.45. The first kappa shape index (κ1) is 12.7. The summed E-state index contributed by atoms with van der Waals surface area (Å²) in [5, 5.41) is 1.01. The Balaban J connectivity index is 2.23. The van der Waals surface area contributed by atoms with E-state index in [4.69, 9.17) is 4.74 Å². The Kier molecular flexibility index (Phi) is 3.97. The van der Waals surface area contributed by atoms with E-state index >= 15 is 0 Å². The summed E-state index contributed by atoms with van der Waals surface area (Å²) >= 11 is 3.60. The van der Waals surface area contributed by atoms with Crippen molar-refractivity contribution in [2.24, 2.45) is 5.41 Å². The van der Waals surface area contributed by atoms with E-state index in [-0.39, 0.29) is 5.41 Å². The fourth-order valence-electron chi connectivity index (χ4n) is 2.12. The van der Waals surface area contributed by atoms with Crippen LogP contribution in [0.3, 0.4) is 0 Å². The minimum absolute atomic E-state index is 0.275. The third-order valence-electron chi connectivity index (χ3n) is 3.02. The predicted octanol–water partition coefficient (Wildman–Crippen LogP) is 3.70. The molecular formula is C14H20BrNO. The molecule has 3 heteroatoms. The highest BCUT2D eigenvalue weighted by atomic mass is 79.9. The molecule has 0 aliphatic carbocycles. The highest BCUT2D eigenvalue weighted by molar-refractivity contribution is 9.09. The fraction of sp³-hybridized carbons (Fsp3) is 0.571. The number of ether oxygens (including phenoxy) is 1. The zero-order valence-electron chi connectivity index (χ0n) is 10.6. The topological polar surface area (TPSA) is 12.5 Å².